The summed E-state index contributed by atoms with van der Waals surface area (Å²) in [6.45, 7) is 2.75. The molecule has 0 saturated carbocycles. The number of hydrogen-bond acceptors (Lipinski definition) is 3. The Hall–Kier alpha value is -2.17. The Morgan fingerprint density at radius 2 is 1.71 bits per heavy atom. The number of nitrogens with one attached hydrogen (secondary N) is 2. The monoisotopic (exact) mass is 234 g/mol. The number of imide groups is 1. The summed E-state index contributed by atoms with van der Waals surface area (Å²) >= 11 is 0. The highest BCUT2D eigenvalue weighted by Crippen LogP contribution is 1.98. The maximum absolute atomic E-state index is 11.7. The van der Waals surface area contributed by atoms with E-state index in [1.807, 2.05) is 0 Å². The van der Waals surface area contributed by atoms with Crippen LogP contribution in [0.25, 0.3) is 0 Å². The van der Waals surface area contributed by atoms with Gasteiger partial charge in [-0.15, -0.1) is 0 Å². The third kappa shape index (κ3) is 4.06. The normalized spacial score (nSPS) is 11.4. The Bertz CT molecular complexity index is 429. The van der Waals surface area contributed by atoms with Crippen LogP contribution in [0.3, 0.4) is 0 Å². The van der Waals surface area contributed by atoms with Crippen LogP contribution in [0.5, 0.6) is 0 Å². The quantitative estimate of drug-likeness (QED) is 0.798. The second-order valence-corrected chi connectivity index (χ2v) is 3.61. The summed E-state index contributed by atoms with van der Waals surface area (Å²) in [6, 6.07) is 7.79. The lowest BCUT2D eigenvalue weighted by molar-refractivity contribution is -0.130. The fourth-order valence-corrected chi connectivity index (χ4v) is 1.22. The lowest BCUT2D eigenvalue weighted by atomic mass is 10.2. The van der Waals surface area contributed by atoms with Crippen LogP contribution in [-0.2, 0) is 9.59 Å². The second-order valence-electron chi connectivity index (χ2n) is 3.61. The van der Waals surface area contributed by atoms with E-state index in [4.69, 9.17) is 0 Å². The second kappa shape index (κ2) is 5.79. The Morgan fingerprint density at radius 1 is 1.12 bits per heavy atom. The minimum absolute atomic E-state index is 0.350. The first kappa shape index (κ1) is 12.9. The van der Waals surface area contributed by atoms with Crippen LogP contribution in [-0.4, -0.2) is 23.8 Å². The minimum atomic E-state index is -0.758. The van der Waals surface area contributed by atoms with Crippen molar-refractivity contribution in [1.82, 2.24) is 10.6 Å². The number of carbonyl (C=O) groups excluding carboxylic acids is 3. The van der Waals surface area contributed by atoms with E-state index in [1.165, 1.54) is 13.8 Å². The number of rotatable bonds is 3. The summed E-state index contributed by atoms with van der Waals surface area (Å²) in [7, 11) is 0. The van der Waals surface area contributed by atoms with Crippen molar-refractivity contribution in [2.24, 2.45) is 0 Å². The highest BCUT2D eigenvalue weighted by molar-refractivity contribution is 6.01. The zero-order valence-electron chi connectivity index (χ0n) is 9.69. The zero-order chi connectivity index (χ0) is 12.8. The van der Waals surface area contributed by atoms with Gasteiger partial charge in [-0.3, -0.25) is 19.7 Å². The fraction of sp³-hybridized carbons (Fsp3) is 0.250. The van der Waals surface area contributed by atoms with E-state index in [0.717, 1.165) is 0 Å². The predicted molar refractivity (Wildman–Crippen MR) is 62.2 cm³/mol. The molecule has 0 heterocycles. The Kier molecular flexibility index (Phi) is 4.39. The molecule has 0 radical (unpaired) electrons. The summed E-state index contributed by atoms with van der Waals surface area (Å²) in [5, 5.41) is 4.60. The Labute approximate surface area is 99.2 Å². The molecule has 0 aliphatic heterocycles. The maximum Gasteiger partial charge on any atom is 0.251 e. The topological polar surface area (TPSA) is 75.3 Å². The van der Waals surface area contributed by atoms with Crippen LogP contribution in [0.4, 0.5) is 0 Å². The molecule has 2 N–H and O–H groups in total. The molecule has 1 unspecified atom stereocenters. The van der Waals surface area contributed by atoms with E-state index in [1.54, 1.807) is 30.3 Å². The molecule has 5 nitrogen and oxygen atoms in total. The molecule has 0 saturated heterocycles. The van der Waals surface area contributed by atoms with E-state index < -0.39 is 17.9 Å². The van der Waals surface area contributed by atoms with Crippen molar-refractivity contribution in [2.75, 3.05) is 0 Å². The van der Waals surface area contributed by atoms with E-state index in [0.29, 0.717) is 5.56 Å². The van der Waals surface area contributed by atoms with Gasteiger partial charge in [-0.05, 0) is 19.1 Å². The third-order valence-corrected chi connectivity index (χ3v) is 2.08. The first-order chi connectivity index (χ1) is 8.00. The van der Waals surface area contributed by atoms with Crippen molar-refractivity contribution >= 4 is 17.7 Å². The highest BCUT2D eigenvalue weighted by atomic mass is 16.2. The van der Waals surface area contributed by atoms with Crippen LogP contribution >= 0.6 is 0 Å². The molecule has 0 aliphatic carbocycles. The summed E-state index contributed by atoms with van der Waals surface area (Å²) in [5.41, 5.74) is 0.468. The number of hydrogen-bond donors (Lipinski definition) is 2. The van der Waals surface area contributed by atoms with Crippen LogP contribution in [0.2, 0.25) is 0 Å². The van der Waals surface area contributed by atoms with Gasteiger partial charge in [0.05, 0.1) is 0 Å². The van der Waals surface area contributed by atoms with Crippen molar-refractivity contribution in [3.8, 4) is 0 Å². The first-order valence-electron chi connectivity index (χ1n) is 5.18. The van der Waals surface area contributed by atoms with E-state index in [2.05, 4.69) is 10.6 Å². The van der Waals surface area contributed by atoms with Crippen molar-refractivity contribution < 1.29 is 14.4 Å². The van der Waals surface area contributed by atoms with Crippen molar-refractivity contribution in [2.45, 2.75) is 19.9 Å². The fourth-order valence-electron chi connectivity index (χ4n) is 1.22. The molecule has 5 heteroatoms. The average molecular weight is 234 g/mol. The molecule has 1 aromatic carbocycles. The largest absolute Gasteiger partial charge is 0.341 e. The van der Waals surface area contributed by atoms with Crippen molar-refractivity contribution in [1.29, 1.82) is 0 Å². The van der Waals surface area contributed by atoms with Gasteiger partial charge >= 0.3 is 0 Å². The molecule has 0 bridgehead atoms. The molecular formula is C12H14N2O3. The molecule has 1 atom stereocenters. The lowest BCUT2D eigenvalue weighted by Crippen LogP contribution is -2.46. The van der Waals surface area contributed by atoms with Gasteiger partial charge in [-0.2, -0.15) is 0 Å². The van der Waals surface area contributed by atoms with E-state index >= 15 is 0 Å². The van der Waals surface area contributed by atoms with Gasteiger partial charge in [0, 0.05) is 12.5 Å². The molecule has 1 aromatic rings. The van der Waals surface area contributed by atoms with Crippen molar-refractivity contribution in [3.05, 3.63) is 35.9 Å². The molecular weight excluding hydrogens is 220 g/mol. The van der Waals surface area contributed by atoms with Gasteiger partial charge in [0.1, 0.15) is 6.04 Å². The number of carbonyl (C=O) groups is 3. The molecule has 0 aromatic heterocycles. The van der Waals surface area contributed by atoms with Gasteiger partial charge in [-0.1, -0.05) is 18.2 Å². The summed E-state index contributed by atoms with van der Waals surface area (Å²) < 4.78 is 0. The SMILES string of the molecule is CC(=O)NC(=O)C(C)NC(=O)c1ccccc1. The van der Waals surface area contributed by atoms with Gasteiger partial charge < -0.3 is 5.32 Å². The standard InChI is InChI=1S/C12H14N2O3/c1-8(11(16)14-9(2)15)13-12(17)10-6-4-3-5-7-10/h3-8H,1-2H3,(H,13,17)(H,14,15,16). The summed E-state index contributed by atoms with van der Waals surface area (Å²) in [6.07, 6.45) is 0. The molecule has 1 rings (SSSR count). The lowest BCUT2D eigenvalue weighted by Gasteiger charge is -2.12. The highest BCUT2D eigenvalue weighted by Gasteiger charge is 2.16. The first-order valence-corrected chi connectivity index (χ1v) is 5.18. The Morgan fingerprint density at radius 3 is 2.24 bits per heavy atom. The predicted octanol–water partition coefficient (Wildman–Crippen LogP) is 0.468. The smallest absolute Gasteiger partial charge is 0.251 e. The molecule has 0 spiro atoms. The van der Waals surface area contributed by atoms with Crippen LogP contribution in [0, 0.1) is 0 Å². The summed E-state index contributed by atoms with van der Waals surface area (Å²) in [5.74, 6) is -1.32. The number of amides is 3. The summed E-state index contributed by atoms with van der Waals surface area (Å²) in [4.78, 5) is 33.7. The Balaban J connectivity index is 2.57. The van der Waals surface area contributed by atoms with E-state index in [-0.39, 0.29) is 5.91 Å². The van der Waals surface area contributed by atoms with Crippen molar-refractivity contribution in [3.63, 3.8) is 0 Å². The molecule has 17 heavy (non-hydrogen) atoms. The van der Waals surface area contributed by atoms with Crippen LogP contribution in [0.1, 0.15) is 24.2 Å². The molecule has 0 fully saturated rings. The van der Waals surface area contributed by atoms with Crippen LogP contribution < -0.4 is 10.6 Å². The van der Waals surface area contributed by atoms with Gasteiger partial charge in [0.2, 0.25) is 11.8 Å². The minimum Gasteiger partial charge on any atom is -0.341 e. The van der Waals surface area contributed by atoms with E-state index in [9.17, 15) is 14.4 Å². The third-order valence-electron chi connectivity index (χ3n) is 2.08. The molecule has 3 amide bonds. The van der Waals surface area contributed by atoms with Gasteiger partial charge in [-0.25, -0.2) is 0 Å². The van der Waals surface area contributed by atoms with Crippen LogP contribution in [0.15, 0.2) is 30.3 Å². The van der Waals surface area contributed by atoms with Gasteiger partial charge in [0.25, 0.3) is 5.91 Å². The average Bonchev–Trinajstić information content (AvgIpc) is 2.29. The zero-order valence-corrected chi connectivity index (χ0v) is 9.69. The maximum atomic E-state index is 11.7. The molecule has 90 valence electrons. The molecule has 0 aliphatic rings. The van der Waals surface area contributed by atoms with Gasteiger partial charge in [0.15, 0.2) is 0 Å². The number of benzene rings is 1.